The van der Waals surface area contributed by atoms with Crippen molar-refractivity contribution < 1.29 is 19.5 Å². The Morgan fingerprint density at radius 2 is 2.05 bits per heavy atom. The van der Waals surface area contributed by atoms with Gasteiger partial charge in [-0.15, -0.1) is 11.3 Å². The SMILES string of the molecule is O=C(O)/C=C/C(=O)NC(=O)Nc1nc2c(s1)CCC2. The third kappa shape index (κ3) is 3.62. The molecule has 19 heavy (non-hydrogen) atoms. The molecule has 2 rings (SSSR count). The Kier molecular flexibility index (Phi) is 3.91. The molecule has 1 heterocycles. The average molecular weight is 281 g/mol. The second-order valence-electron chi connectivity index (χ2n) is 3.86. The van der Waals surface area contributed by atoms with Gasteiger partial charge in [-0.25, -0.2) is 14.6 Å². The molecule has 0 atom stereocenters. The van der Waals surface area contributed by atoms with Crippen molar-refractivity contribution in [3.8, 4) is 0 Å². The van der Waals surface area contributed by atoms with Crippen molar-refractivity contribution in [3.05, 3.63) is 22.7 Å². The molecule has 3 amide bonds. The van der Waals surface area contributed by atoms with Gasteiger partial charge in [-0.1, -0.05) is 0 Å². The molecule has 1 aliphatic rings. The highest BCUT2D eigenvalue weighted by atomic mass is 32.1. The van der Waals surface area contributed by atoms with Gasteiger partial charge in [0.15, 0.2) is 5.13 Å². The summed E-state index contributed by atoms with van der Waals surface area (Å²) >= 11 is 1.39. The van der Waals surface area contributed by atoms with Crippen LogP contribution in [0.15, 0.2) is 12.2 Å². The van der Waals surface area contributed by atoms with Crippen LogP contribution < -0.4 is 10.6 Å². The summed E-state index contributed by atoms with van der Waals surface area (Å²) in [6.45, 7) is 0. The number of aliphatic carboxylic acids is 1. The minimum atomic E-state index is -1.26. The zero-order chi connectivity index (χ0) is 13.8. The van der Waals surface area contributed by atoms with Gasteiger partial charge in [0.25, 0.3) is 5.91 Å². The molecule has 100 valence electrons. The van der Waals surface area contributed by atoms with Crippen LogP contribution in [0, 0.1) is 0 Å². The second-order valence-corrected chi connectivity index (χ2v) is 4.94. The van der Waals surface area contributed by atoms with E-state index in [-0.39, 0.29) is 0 Å². The summed E-state index contributed by atoms with van der Waals surface area (Å²) in [6, 6.07) is -0.729. The van der Waals surface area contributed by atoms with Crippen LogP contribution in [0.4, 0.5) is 9.93 Å². The highest BCUT2D eigenvalue weighted by Gasteiger charge is 2.17. The van der Waals surface area contributed by atoms with Gasteiger partial charge in [0.05, 0.1) is 5.69 Å². The topological polar surface area (TPSA) is 108 Å². The van der Waals surface area contributed by atoms with Crippen LogP contribution >= 0.6 is 11.3 Å². The lowest BCUT2D eigenvalue weighted by molar-refractivity contribution is -0.131. The van der Waals surface area contributed by atoms with Crippen LogP contribution in [0.1, 0.15) is 17.0 Å². The Bertz CT molecular complexity index is 543. The smallest absolute Gasteiger partial charge is 0.328 e. The van der Waals surface area contributed by atoms with E-state index in [0.717, 1.165) is 35.9 Å². The first-order valence-electron chi connectivity index (χ1n) is 5.56. The van der Waals surface area contributed by atoms with Crippen molar-refractivity contribution in [2.24, 2.45) is 0 Å². The van der Waals surface area contributed by atoms with E-state index in [1.54, 1.807) is 0 Å². The van der Waals surface area contributed by atoms with Crippen LogP contribution in [-0.2, 0) is 22.4 Å². The predicted octanol–water partition coefficient (Wildman–Crippen LogP) is 0.921. The Labute approximate surface area is 112 Å². The average Bonchev–Trinajstić information content (AvgIpc) is 2.86. The molecule has 1 aromatic rings. The molecule has 0 saturated heterocycles. The number of hydrogen-bond acceptors (Lipinski definition) is 5. The summed E-state index contributed by atoms with van der Waals surface area (Å²) in [5, 5.41) is 13.2. The number of urea groups is 1. The summed E-state index contributed by atoms with van der Waals surface area (Å²) in [5.41, 5.74) is 0.998. The lowest BCUT2D eigenvalue weighted by atomic mass is 10.4. The quantitative estimate of drug-likeness (QED) is 0.714. The summed E-state index contributed by atoms with van der Waals surface area (Å²) in [4.78, 5) is 38.2. The summed E-state index contributed by atoms with van der Waals surface area (Å²) < 4.78 is 0. The number of anilines is 1. The molecule has 1 aliphatic carbocycles. The zero-order valence-electron chi connectivity index (χ0n) is 9.80. The number of carboxylic acids is 1. The molecule has 7 nitrogen and oxygen atoms in total. The van der Waals surface area contributed by atoms with Gasteiger partial charge in [-0.2, -0.15) is 0 Å². The fraction of sp³-hybridized carbons (Fsp3) is 0.273. The first-order chi connectivity index (χ1) is 9.04. The number of imide groups is 1. The highest BCUT2D eigenvalue weighted by Crippen LogP contribution is 2.30. The number of hydrogen-bond donors (Lipinski definition) is 3. The Balaban J connectivity index is 1.87. The van der Waals surface area contributed by atoms with Crippen molar-refractivity contribution in [3.63, 3.8) is 0 Å². The summed E-state index contributed by atoms with van der Waals surface area (Å²) in [5.74, 6) is -2.06. The minimum absolute atomic E-state index is 0.442. The van der Waals surface area contributed by atoms with Gasteiger partial charge in [-0.05, 0) is 19.3 Å². The highest BCUT2D eigenvalue weighted by molar-refractivity contribution is 7.15. The molecule has 0 radical (unpaired) electrons. The molecule has 0 aliphatic heterocycles. The Morgan fingerprint density at radius 1 is 1.26 bits per heavy atom. The van der Waals surface area contributed by atoms with Crippen molar-refractivity contribution in [1.82, 2.24) is 10.3 Å². The number of nitrogens with zero attached hydrogens (tertiary/aromatic N) is 1. The van der Waals surface area contributed by atoms with Gasteiger partial charge < -0.3 is 5.11 Å². The fourth-order valence-corrected chi connectivity index (χ4v) is 2.72. The first-order valence-corrected chi connectivity index (χ1v) is 6.38. The number of fused-ring (bicyclic) bond motifs is 1. The van der Waals surface area contributed by atoms with Crippen LogP contribution in [0.25, 0.3) is 0 Å². The Morgan fingerprint density at radius 3 is 2.74 bits per heavy atom. The number of carboxylic acid groups (broad SMARTS) is 1. The fourth-order valence-electron chi connectivity index (χ4n) is 1.67. The molecule has 0 unspecified atom stereocenters. The molecule has 0 fully saturated rings. The monoisotopic (exact) mass is 281 g/mol. The maximum atomic E-state index is 11.4. The van der Waals surface area contributed by atoms with Crippen LogP contribution in [0.2, 0.25) is 0 Å². The molecule has 0 bridgehead atoms. The van der Waals surface area contributed by atoms with Gasteiger partial charge in [0.2, 0.25) is 0 Å². The van der Waals surface area contributed by atoms with Gasteiger partial charge in [0, 0.05) is 17.0 Å². The lowest BCUT2D eigenvalue weighted by Gasteiger charge is -2.01. The second kappa shape index (κ2) is 5.61. The molecular weight excluding hydrogens is 270 g/mol. The maximum absolute atomic E-state index is 11.4. The molecular formula is C11H11N3O4S. The van der Waals surface area contributed by atoms with Crippen molar-refractivity contribution in [2.75, 3.05) is 5.32 Å². The first kappa shape index (κ1) is 13.2. The van der Waals surface area contributed by atoms with E-state index in [1.807, 2.05) is 5.32 Å². The van der Waals surface area contributed by atoms with Crippen molar-refractivity contribution >= 4 is 34.4 Å². The summed E-state index contributed by atoms with van der Waals surface area (Å²) in [6.07, 6.45) is 4.38. The third-order valence-corrected chi connectivity index (χ3v) is 3.50. The maximum Gasteiger partial charge on any atom is 0.328 e. The van der Waals surface area contributed by atoms with E-state index in [2.05, 4.69) is 10.3 Å². The number of carbonyl (C=O) groups excluding carboxylic acids is 2. The molecule has 0 spiro atoms. The number of nitrogens with one attached hydrogen (secondary N) is 2. The molecule has 3 N–H and O–H groups in total. The number of aromatic nitrogens is 1. The molecule has 8 heteroatoms. The van der Waals surface area contributed by atoms with E-state index in [4.69, 9.17) is 5.11 Å². The van der Waals surface area contributed by atoms with E-state index < -0.39 is 17.9 Å². The van der Waals surface area contributed by atoms with Gasteiger partial charge in [0.1, 0.15) is 0 Å². The van der Waals surface area contributed by atoms with E-state index in [9.17, 15) is 14.4 Å². The van der Waals surface area contributed by atoms with E-state index in [0.29, 0.717) is 11.2 Å². The van der Waals surface area contributed by atoms with Crippen LogP contribution in [0.3, 0.4) is 0 Å². The number of carbonyl (C=O) groups is 3. The predicted molar refractivity (Wildman–Crippen MR) is 68.1 cm³/mol. The number of aryl methyl sites for hydroxylation is 2. The van der Waals surface area contributed by atoms with E-state index in [1.165, 1.54) is 11.3 Å². The Hall–Kier alpha value is -2.22. The zero-order valence-corrected chi connectivity index (χ0v) is 10.6. The van der Waals surface area contributed by atoms with E-state index >= 15 is 0 Å². The molecule has 0 saturated carbocycles. The largest absolute Gasteiger partial charge is 0.478 e. The normalized spacial score (nSPS) is 13.3. The van der Waals surface area contributed by atoms with Gasteiger partial charge in [-0.3, -0.25) is 15.4 Å². The van der Waals surface area contributed by atoms with Crippen molar-refractivity contribution in [1.29, 1.82) is 0 Å². The minimum Gasteiger partial charge on any atom is -0.478 e. The third-order valence-electron chi connectivity index (χ3n) is 2.43. The van der Waals surface area contributed by atoms with Crippen LogP contribution in [-0.4, -0.2) is 28.0 Å². The van der Waals surface area contributed by atoms with Crippen LogP contribution in [0.5, 0.6) is 0 Å². The summed E-state index contributed by atoms with van der Waals surface area (Å²) in [7, 11) is 0. The molecule has 0 aromatic carbocycles. The number of amides is 3. The standard InChI is InChI=1S/C11H11N3O4S/c15-8(4-5-9(16)17)13-10(18)14-11-12-6-2-1-3-7(6)19-11/h4-5H,1-3H2,(H,16,17)(H2,12,13,14,15,18)/b5-4+. The van der Waals surface area contributed by atoms with Gasteiger partial charge >= 0.3 is 12.0 Å². The number of thiazole rings is 1. The lowest BCUT2D eigenvalue weighted by Crippen LogP contribution is -2.33. The number of rotatable bonds is 3. The van der Waals surface area contributed by atoms with Crippen molar-refractivity contribution in [2.45, 2.75) is 19.3 Å². The molecule has 1 aromatic heterocycles.